The summed E-state index contributed by atoms with van der Waals surface area (Å²) in [6, 6.07) is 1.79. The zero-order chi connectivity index (χ0) is 19.1. The molecule has 0 amide bonds. The van der Waals surface area contributed by atoms with Gasteiger partial charge in [-0.15, -0.1) is 0 Å². The average Bonchev–Trinajstić information content (AvgIpc) is 2.79. The number of esters is 4. The van der Waals surface area contributed by atoms with E-state index in [9.17, 15) is 24.4 Å². The summed E-state index contributed by atoms with van der Waals surface area (Å²) in [6.45, 7) is 4.14. The topological polar surface area (TPSA) is 138 Å². The van der Waals surface area contributed by atoms with Crippen LogP contribution < -0.4 is 0 Å². The van der Waals surface area contributed by atoms with Gasteiger partial charge in [0.15, 0.2) is 24.4 Å². The Hall–Kier alpha value is -2.67. The largest absolute Gasteiger partial charge is 0.462 e. The average molecular weight is 357 g/mol. The summed E-state index contributed by atoms with van der Waals surface area (Å²) in [5.41, 5.74) is 0. The lowest BCUT2D eigenvalue weighted by Crippen LogP contribution is -2.46. The van der Waals surface area contributed by atoms with Gasteiger partial charge in [-0.25, -0.2) is 0 Å². The quantitative estimate of drug-likeness (QED) is 0.457. The van der Waals surface area contributed by atoms with E-state index in [1.54, 1.807) is 6.07 Å². The Bertz CT molecular complexity index is 582. The number of nitrogens with zero attached hydrogens (tertiary/aromatic N) is 1. The molecule has 0 aromatic carbocycles. The van der Waals surface area contributed by atoms with Crippen molar-refractivity contribution < 1.29 is 42.9 Å². The number of hydrogen-bond acceptors (Lipinski definition) is 10. The normalized spacial score (nSPS) is 26.0. The van der Waals surface area contributed by atoms with E-state index < -0.39 is 54.4 Å². The van der Waals surface area contributed by atoms with Crippen molar-refractivity contribution in [3.63, 3.8) is 0 Å². The SMILES string of the molecule is CC(=O)OC[C@@H](OC(C)=O)[C@H]1O[C@@H](C#N)[C@H](OC(C)=O)[C@H]1OC(C)=O. The fraction of sp³-hybridized carbons (Fsp3) is 0.667. The van der Waals surface area contributed by atoms with Crippen LogP contribution in [0.2, 0.25) is 0 Å². The van der Waals surface area contributed by atoms with Crippen molar-refractivity contribution in [1.29, 1.82) is 5.26 Å². The molecule has 0 unspecified atom stereocenters. The number of rotatable bonds is 6. The number of hydrogen-bond donors (Lipinski definition) is 0. The third kappa shape index (κ3) is 6.04. The van der Waals surface area contributed by atoms with Gasteiger partial charge >= 0.3 is 23.9 Å². The Morgan fingerprint density at radius 3 is 1.96 bits per heavy atom. The van der Waals surface area contributed by atoms with Crippen LogP contribution in [-0.4, -0.2) is 61.0 Å². The summed E-state index contributed by atoms with van der Waals surface area (Å²) >= 11 is 0. The standard InChI is InChI=1S/C15H19NO9/c1-7(17)21-6-12(22-8(2)18)14-15(24-10(4)20)13(23-9(3)19)11(5-16)25-14/h11-15H,6H2,1-4H3/t11-,12+,13-,14+,15+/m0/s1. The minimum Gasteiger partial charge on any atom is -0.462 e. The Kier molecular flexibility index (Phi) is 7.32. The molecule has 0 aromatic heterocycles. The van der Waals surface area contributed by atoms with Gasteiger partial charge in [0.25, 0.3) is 0 Å². The molecule has 0 bridgehead atoms. The molecule has 0 spiro atoms. The van der Waals surface area contributed by atoms with E-state index in [4.69, 9.17) is 23.7 Å². The molecule has 1 rings (SSSR count). The summed E-state index contributed by atoms with van der Waals surface area (Å²) in [7, 11) is 0. The maximum absolute atomic E-state index is 11.4. The maximum Gasteiger partial charge on any atom is 0.303 e. The molecule has 0 aliphatic carbocycles. The summed E-state index contributed by atoms with van der Waals surface area (Å²) in [6.07, 6.45) is -6.02. The van der Waals surface area contributed by atoms with Gasteiger partial charge in [-0.1, -0.05) is 0 Å². The highest BCUT2D eigenvalue weighted by atomic mass is 16.7. The first-order valence-electron chi connectivity index (χ1n) is 7.35. The third-order valence-electron chi connectivity index (χ3n) is 3.12. The number of nitriles is 1. The summed E-state index contributed by atoms with van der Waals surface area (Å²) in [4.78, 5) is 45.0. The monoisotopic (exact) mass is 357 g/mol. The second kappa shape index (κ2) is 8.98. The highest BCUT2D eigenvalue weighted by Crippen LogP contribution is 2.30. The molecule has 1 aliphatic heterocycles. The van der Waals surface area contributed by atoms with Crippen molar-refractivity contribution in [2.45, 2.75) is 58.2 Å². The van der Waals surface area contributed by atoms with Crippen molar-refractivity contribution in [1.82, 2.24) is 0 Å². The molecule has 138 valence electrons. The van der Waals surface area contributed by atoms with E-state index in [1.165, 1.54) is 0 Å². The lowest BCUT2D eigenvalue weighted by molar-refractivity contribution is -0.176. The molecular weight excluding hydrogens is 338 g/mol. The van der Waals surface area contributed by atoms with E-state index in [0.717, 1.165) is 27.7 Å². The van der Waals surface area contributed by atoms with Gasteiger partial charge in [0, 0.05) is 27.7 Å². The van der Waals surface area contributed by atoms with Crippen LogP contribution in [0, 0.1) is 11.3 Å². The van der Waals surface area contributed by atoms with E-state index in [2.05, 4.69) is 0 Å². The number of carbonyl (C=O) groups excluding carboxylic acids is 4. The second-order valence-corrected chi connectivity index (χ2v) is 5.25. The molecule has 0 radical (unpaired) electrons. The van der Waals surface area contributed by atoms with Gasteiger partial charge in [0.2, 0.25) is 0 Å². The molecule has 0 N–H and O–H groups in total. The minimum atomic E-state index is -1.26. The van der Waals surface area contributed by atoms with Crippen LogP contribution >= 0.6 is 0 Å². The van der Waals surface area contributed by atoms with Gasteiger partial charge in [0.05, 0.1) is 6.07 Å². The molecule has 1 aliphatic rings. The smallest absolute Gasteiger partial charge is 0.303 e. The molecular formula is C15H19NO9. The van der Waals surface area contributed by atoms with Gasteiger partial charge < -0.3 is 23.7 Å². The Labute approximate surface area is 143 Å². The Balaban J connectivity index is 3.13. The molecule has 0 aromatic rings. The van der Waals surface area contributed by atoms with Crippen molar-refractivity contribution in [3.05, 3.63) is 0 Å². The van der Waals surface area contributed by atoms with Gasteiger partial charge in [0.1, 0.15) is 12.7 Å². The Morgan fingerprint density at radius 1 is 0.960 bits per heavy atom. The number of ether oxygens (including phenoxy) is 5. The van der Waals surface area contributed by atoms with Gasteiger partial charge in [-0.2, -0.15) is 5.26 Å². The lowest BCUT2D eigenvalue weighted by atomic mass is 10.0. The molecule has 25 heavy (non-hydrogen) atoms. The van der Waals surface area contributed by atoms with E-state index in [0.29, 0.717) is 0 Å². The minimum absolute atomic E-state index is 0.387. The fourth-order valence-electron chi connectivity index (χ4n) is 2.34. The van der Waals surface area contributed by atoms with Crippen molar-refractivity contribution >= 4 is 23.9 Å². The maximum atomic E-state index is 11.4. The summed E-state index contributed by atoms with van der Waals surface area (Å²) in [5, 5.41) is 9.20. The van der Waals surface area contributed by atoms with Crippen LogP contribution in [0.25, 0.3) is 0 Å². The first-order valence-corrected chi connectivity index (χ1v) is 7.35. The van der Waals surface area contributed by atoms with Crippen LogP contribution in [0.5, 0.6) is 0 Å². The summed E-state index contributed by atoms with van der Waals surface area (Å²) in [5.74, 6) is -2.77. The highest BCUT2D eigenvalue weighted by Gasteiger charge is 2.53. The van der Waals surface area contributed by atoms with Crippen molar-refractivity contribution in [2.24, 2.45) is 0 Å². The first kappa shape index (κ1) is 20.4. The van der Waals surface area contributed by atoms with E-state index in [-0.39, 0.29) is 6.61 Å². The number of carbonyl (C=O) groups is 4. The molecule has 1 heterocycles. The molecule has 1 fully saturated rings. The molecule has 1 saturated heterocycles. The Morgan fingerprint density at radius 2 is 1.52 bits per heavy atom. The zero-order valence-corrected chi connectivity index (χ0v) is 14.2. The van der Waals surface area contributed by atoms with Crippen LogP contribution in [0.1, 0.15) is 27.7 Å². The molecule has 5 atom stereocenters. The summed E-state index contributed by atoms with van der Waals surface area (Å²) < 4.78 is 25.5. The van der Waals surface area contributed by atoms with Crippen LogP contribution in [0.3, 0.4) is 0 Å². The lowest BCUT2D eigenvalue weighted by Gasteiger charge is -2.27. The predicted molar refractivity (Wildman–Crippen MR) is 77.6 cm³/mol. The van der Waals surface area contributed by atoms with E-state index in [1.807, 2.05) is 0 Å². The van der Waals surface area contributed by atoms with Crippen molar-refractivity contribution in [2.75, 3.05) is 6.61 Å². The second-order valence-electron chi connectivity index (χ2n) is 5.25. The molecule has 0 saturated carbocycles. The van der Waals surface area contributed by atoms with Crippen LogP contribution in [0.15, 0.2) is 0 Å². The first-order chi connectivity index (χ1) is 11.6. The van der Waals surface area contributed by atoms with Crippen LogP contribution in [-0.2, 0) is 42.9 Å². The van der Waals surface area contributed by atoms with E-state index >= 15 is 0 Å². The molecule has 10 heteroatoms. The zero-order valence-electron chi connectivity index (χ0n) is 14.2. The fourth-order valence-corrected chi connectivity index (χ4v) is 2.34. The van der Waals surface area contributed by atoms with Gasteiger partial charge in [-0.3, -0.25) is 19.2 Å². The highest BCUT2D eigenvalue weighted by molar-refractivity contribution is 5.68. The molecule has 10 nitrogen and oxygen atoms in total. The predicted octanol–water partition coefficient (Wildman–Crippen LogP) is -0.364. The van der Waals surface area contributed by atoms with Gasteiger partial charge in [-0.05, 0) is 0 Å². The third-order valence-corrected chi connectivity index (χ3v) is 3.12. The van der Waals surface area contributed by atoms with Crippen molar-refractivity contribution in [3.8, 4) is 6.07 Å². The van der Waals surface area contributed by atoms with Crippen LogP contribution in [0.4, 0.5) is 0 Å².